The van der Waals surface area contributed by atoms with E-state index in [-0.39, 0.29) is 4.90 Å². The van der Waals surface area contributed by atoms with E-state index < -0.39 is 15.9 Å². The summed E-state index contributed by atoms with van der Waals surface area (Å²) in [6.45, 7) is 1.96. The molecule has 0 aliphatic rings. The molecule has 0 fully saturated rings. The Hall–Kier alpha value is -0.690. The number of thiophene rings is 1. The standard InChI is InChI=1S/C13H13BrO3S2/c1-8-11(14)7-12(18-8)13(15)9-4-3-5-10(6-9)19(2,16)17/h3-7,13,15H,1-2H3. The smallest absolute Gasteiger partial charge is 0.175 e. The Balaban J connectivity index is 2.42. The molecule has 6 heteroatoms. The van der Waals surface area contributed by atoms with Crippen LogP contribution in [0.5, 0.6) is 0 Å². The summed E-state index contributed by atoms with van der Waals surface area (Å²) in [5.41, 5.74) is 0.580. The molecular weight excluding hydrogens is 348 g/mol. The van der Waals surface area contributed by atoms with Gasteiger partial charge in [0, 0.05) is 20.5 Å². The van der Waals surface area contributed by atoms with Crippen molar-refractivity contribution in [1.29, 1.82) is 0 Å². The highest BCUT2D eigenvalue weighted by molar-refractivity contribution is 9.10. The first-order valence-electron chi connectivity index (χ1n) is 5.53. The highest BCUT2D eigenvalue weighted by Gasteiger charge is 2.16. The van der Waals surface area contributed by atoms with Gasteiger partial charge in [-0.3, -0.25) is 0 Å². The van der Waals surface area contributed by atoms with Crippen molar-refractivity contribution in [3.8, 4) is 0 Å². The average molecular weight is 361 g/mol. The van der Waals surface area contributed by atoms with Crippen molar-refractivity contribution in [1.82, 2.24) is 0 Å². The van der Waals surface area contributed by atoms with Crippen molar-refractivity contribution in [3.63, 3.8) is 0 Å². The Labute approximate surface area is 125 Å². The van der Waals surface area contributed by atoms with Crippen LogP contribution >= 0.6 is 27.3 Å². The van der Waals surface area contributed by atoms with Crippen molar-refractivity contribution in [3.05, 3.63) is 50.1 Å². The molecule has 0 radical (unpaired) electrons. The quantitative estimate of drug-likeness (QED) is 0.913. The summed E-state index contributed by atoms with van der Waals surface area (Å²) in [4.78, 5) is 2.08. The molecule has 0 bridgehead atoms. The maximum Gasteiger partial charge on any atom is 0.175 e. The third-order valence-corrected chi connectivity index (χ3v) is 6.05. The zero-order valence-electron chi connectivity index (χ0n) is 10.4. The molecule has 1 unspecified atom stereocenters. The van der Waals surface area contributed by atoms with E-state index in [4.69, 9.17) is 0 Å². The van der Waals surface area contributed by atoms with Crippen LogP contribution < -0.4 is 0 Å². The minimum absolute atomic E-state index is 0.219. The number of hydrogen-bond donors (Lipinski definition) is 1. The van der Waals surface area contributed by atoms with E-state index in [0.717, 1.165) is 20.5 Å². The van der Waals surface area contributed by atoms with Gasteiger partial charge >= 0.3 is 0 Å². The van der Waals surface area contributed by atoms with Gasteiger partial charge in [-0.1, -0.05) is 12.1 Å². The third kappa shape index (κ3) is 3.25. The van der Waals surface area contributed by atoms with Crippen LogP contribution in [-0.4, -0.2) is 19.8 Å². The summed E-state index contributed by atoms with van der Waals surface area (Å²) in [6, 6.07) is 8.27. The molecule has 1 heterocycles. The Bertz CT molecular complexity index is 685. The lowest BCUT2D eigenvalue weighted by Gasteiger charge is -2.10. The van der Waals surface area contributed by atoms with Gasteiger partial charge in [-0.25, -0.2) is 8.42 Å². The number of aliphatic hydroxyl groups is 1. The maximum absolute atomic E-state index is 11.5. The van der Waals surface area contributed by atoms with Gasteiger partial charge in [-0.2, -0.15) is 0 Å². The Morgan fingerprint density at radius 3 is 2.53 bits per heavy atom. The van der Waals surface area contributed by atoms with Gasteiger partial charge in [0.2, 0.25) is 0 Å². The molecule has 0 saturated carbocycles. The average Bonchev–Trinajstić information content (AvgIpc) is 2.68. The van der Waals surface area contributed by atoms with Gasteiger partial charge in [0.05, 0.1) is 4.90 Å². The zero-order valence-corrected chi connectivity index (χ0v) is 13.6. The summed E-state index contributed by atoms with van der Waals surface area (Å²) >= 11 is 4.89. The van der Waals surface area contributed by atoms with Gasteiger partial charge in [0.15, 0.2) is 9.84 Å². The second-order valence-electron chi connectivity index (χ2n) is 4.30. The van der Waals surface area contributed by atoms with Gasteiger partial charge < -0.3 is 5.11 Å². The van der Waals surface area contributed by atoms with E-state index in [0.29, 0.717) is 5.56 Å². The first kappa shape index (κ1) is 14.7. The lowest BCUT2D eigenvalue weighted by molar-refractivity contribution is 0.224. The second-order valence-corrected chi connectivity index (χ2v) is 8.46. The van der Waals surface area contributed by atoms with Crippen LogP contribution in [-0.2, 0) is 9.84 Å². The number of aliphatic hydroxyl groups excluding tert-OH is 1. The Kier molecular flexibility index (Phi) is 4.15. The first-order chi connectivity index (χ1) is 8.79. The topological polar surface area (TPSA) is 54.4 Å². The molecule has 0 aliphatic heterocycles. The molecule has 0 amide bonds. The van der Waals surface area contributed by atoms with Crippen LogP contribution in [0.3, 0.4) is 0 Å². The first-order valence-corrected chi connectivity index (χ1v) is 9.03. The molecule has 19 heavy (non-hydrogen) atoms. The van der Waals surface area contributed by atoms with E-state index in [1.54, 1.807) is 12.1 Å². The van der Waals surface area contributed by atoms with Gasteiger partial charge in [0.1, 0.15) is 6.10 Å². The number of aryl methyl sites for hydroxylation is 1. The van der Waals surface area contributed by atoms with Crippen molar-refractivity contribution in [2.45, 2.75) is 17.9 Å². The molecule has 0 saturated heterocycles. The monoisotopic (exact) mass is 360 g/mol. The Morgan fingerprint density at radius 2 is 2.00 bits per heavy atom. The van der Waals surface area contributed by atoms with E-state index in [2.05, 4.69) is 15.9 Å². The summed E-state index contributed by atoms with van der Waals surface area (Å²) < 4.78 is 24.0. The number of hydrogen-bond acceptors (Lipinski definition) is 4. The highest BCUT2D eigenvalue weighted by Crippen LogP contribution is 2.34. The molecule has 1 N–H and O–H groups in total. The molecule has 1 aromatic heterocycles. The molecule has 102 valence electrons. The summed E-state index contributed by atoms with van der Waals surface area (Å²) in [5.74, 6) is 0. The van der Waals surface area contributed by atoms with Crippen molar-refractivity contribution < 1.29 is 13.5 Å². The van der Waals surface area contributed by atoms with Crippen molar-refractivity contribution >= 4 is 37.1 Å². The lowest BCUT2D eigenvalue weighted by atomic mass is 10.1. The number of sulfone groups is 1. The Morgan fingerprint density at radius 1 is 1.32 bits per heavy atom. The van der Waals surface area contributed by atoms with Crippen LogP contribution in [0.25, 0.3) is 0 Å². The second kappa shape index (κ2) is 5.36. The summed E-state index contributed by atoms with van der Waals surface area (Å²) in [6.07, 6.45) is 0.349. The number of halogens is 1. The van der Waals surface area contributed by atoms with Crippen LogP contribution in [0.1, 0.15) is 21.4 Å². The maximum atomic E-state index is 11.5. The molecule has 1 atom stereocenters. The van der Waals surface area contributed by atoms with Gasteiger partial charge in [-0.15, -0.1) is 11.3 Å². The largest absolute Gasteiger partial charge is 0.383 e. The van der Waals surface area contributed by atoms with Crippen LogP contribution in [0, 0.1) is 6.92 Å². The van der Waals surface area contributed by atoms with Crippen LogP contribution in [0.15, 0.2) is 39.7 Å². The third-order valence-electron chi connectivity index (χ3n) is 2.75. The number of benzene rings is 1. The molecule has 2 aromatic rings. The van der Waals surface area contributed by atoms with Gasteiger partial charge in [0.25, 0.3) is 0 Å². The predicted octanol–water partition coefficient (Wildman–Crippen LogP) is 3.30. The normalized spacial score (nSPS) is 13.5. The number of rotatable bonds is 3. The molecular formula is C13H13BrO3S2. The molecule has 0 spiro atoms. The van der Waals surface area contributed by atoms with Crippen molar-refractivity contribution in [2.75, 3.05) is 6.26 Å². The van der Waals surface area contributed by atoms with Crippen LogP contribution in [0.4, 0.5) is 0 Å². The molecule has 1 aromatic carbocycles. The molecule has 2 rings (SSSR count). The van der Waals surface area contributed by atoms with E-state index in [9.17, 15) is 13.5 Å². The molecule has 3 nitrogen and oxygen atoms in total. The summed E-state index contributed by atoms with van der Waals surface area (Å²) in [7, 11) is -3.26. The fraction of sp³-hybridized carbons (Fsp3) is 0.231. The minimum atomic E-state index is -3.26. The zero-order chi connectivity index (χ0) is 14.2. The van der Waals surface area contributed by atoms with Gasteiger partial charge in [-0.05, 0) is 46.6 Å². The van der Waals surface area contributed by atoms with E-state index >= 15 is 0 Å². The minimum Gasteiger partial charge on any atom is -0.383 e. The fourth-order valence-corrected chi connectivity index (χ4v) is 3.95. The predicted molar refractivity (Wildman–Crippen MR) is 80.4 cm³/mol. The van der Waals surface area contributed by atoms with E-state index in [1.165, 1.54) is 23.5 Å². The van der Waals surface area contributed by atoms with Crippen molar-refractivity contribution in [2.24, 2.45) is 0 Å². The SMILES string of the molecule is Cc1sc(C(O)c2cccc(S(C)(=O)=O)c2)cc1Br. The highest BCUT2D eigenvalue weighted by atomic mass is 79.9. The van der Waals surface area contributed by atoms with E-state index in [1.807, 2.05) is 13.0 Å². The fourth-order valence-electron chi connectivity index (χ4n) is 1.70. The van der Waals surface area contributed by atoms with Crippen LogP contribution in [0.2, 0.25) is 0 Å². The molecule has 0 aliphatic carbocycles. The lowest BCUT2D eigenvalue weighted by Crippen LogP contribution is -2.01. The summed E-state index contributed by atoms with van der Waals surface area (Å²) in [5, 5.41) is 10.3.